The number of benzene rings is 2. The number of methoxy groups -OCH3 is 2. The minimum absolute atomic E-state index is 0.0392. The highest BCUT2D eigenvalue weighted by molar-refractivity contribution is 5.95. The van der Waals surface area contributed by atoms with Crippen LogP contribution in [0.4, 0.5) is 0 Å². The standard InChI is InChI=1S/C19H21NO3/c1-22-17-11-10-15(13-18(17)23-2)19(21)20-12-6-9-16(20)14-7-4-3-5-8-14/h3-5,7-8,10-11,13,16H,6,9,12H2,1-2H3. The Balaban J connectivity index is 1.87. The lowest BCUT2D eigenvalue weighted by atomic mass is 10.0. The molecular formula is C19H21NO3. The van der Waals surface area contributed by atoms with Crippen molar-refractivity contribution in [1.82, 2.24) is 4.90 Å². The van der Waals surface area contributed by atoms with Gasteiger partial charge in [0.25, 0.3) is 5.91 Å². The molecule has 0 N–H and O–H groups in total. The molecule has 0 spiro atoms. The molecule has 0 bridgehead atoms. The normalized spacial score (nSPS) is 17.1. The van der Waals surface area contributed by atoms with E-state index in [-0.39, 0.29) is 11.9 Å². The maximum atomic E-state index is 12.9. The van der Waals surface area contributed by atoms with Crippen molar-refractivity contribution in [3.8, 4) is 11.5 Å². The molecule has 1 amide bonds. The molecule has 4 nitrogen and oxygen atoms in total. The molecule has 120 valence electrons. The highest BCUT2D eigenvalue weighted by atomic mass is 16.5. The van der Waals surface area contributed by atoms with Crippen LogP contribution in [0.15, 0.2) is 48.5 Å². The predicted molar refractivity (Wildman–Crippen MR) is 89.0 cm³/mol. The zero-order valence-corrected chi connectivity index (χ0v) is 13.5. The molecule has 1 unspecified atom stereocenters. The predicted octanol–water partition coefficient (Wildman–Crippen LogP) is 3.68. The second-order valence-electron chi connectivity index (χ2n) is 5.64. The van der Waals surface area contributed by atoms with Crippen LogP contribution in [0.5, 0.6) is 11.5 Å². The molecule has 1 aliphatic rings. The summed E-state index contributed by atoms with van der Waals surface area (Å²) >= 11 is 0. The summed E-state index contributed by atoms with van der Waals surface area (Å²) < 4.78 is 10.5. The van der Waals surface area contributed by atoms with Crippen LogP contribution in [0.2, 0.25) is 0 Å². The van der Waals surface area contributed by atoms with Crippen molar-refractivity contribution in [2.75, 3.05) is 20.8 Å². The number of hydrogen-bond donors (Lipinski definition) is 0. The van der Waals surface area contributed by atoms with E-state index in [4.69, 9.17) is 9.47 Å². The molecule has 1 aliphatic heterocycles. The zero-order chi connectivity index (χ0) is 16.2. The molecule has 1 atom stereocenters. The lowest BCUT2D eigenvalue weighted by molar-refractivity contribution is 0.0735. The third kappa shape index (κ3) is 3.02. The summed E-state index contributed by atoms with van der Waals surface area (Å²) in [6.45, 7) is 0.784. The molecule has 0 aromatic heterocycles. The minimum atomic E-state index is 0.0392. The third-order valence-corrected chi connectivity index (χ3v) is 4.33. The van der Waals surface area contributed by atoms with E-state index in [1.54, 1.807) is 32.4 Å². The van der Waals surface area contributed by atoms with E-state index in [0.29, 0.717) is 17.1 Å². The number of rotatable bonds is 4. The Bertz CT molecular complexity index is 684. The first-order valence-corrected chi connectivity index (χ1v) is 7.82. The van der Waals surface area contributed by atoms with Crippen molar-refractivity contribution in [2.45, 2.75) is 18.9 Å². The number of likely N-dealkylation sites (tertiary alicyclic amines) is 1. The van der Waals surface area contributed by atoms with Crippen LogP contribution >= 0.6 is 0 Å². The van der Waals surface area contributed by atoms with Crippen LogP contribution in [-0.4, -0.2) is 31.6 Å². The first-order valence-electron chi connectivity index (χ1n) is 7.82. The number of nitrogens with zero attached hydrogens (tertiary/aromatic N) is 1. The Hall–Kier alpha value is -2.49. The summed E-state index contributed by atoms with van der Waals surface area (Å²) in [5.74, 6) is 1.25. The van der Waals surface area contributed by atoms with Gasteiger partial charge in [0.05, 0.1) is 20.3 Å². The fourth-order valence-electron chi connectivity index (χ4n) is 3.17. The summed E-state index contributed by atoms with van der Waals surface area (Å²) in [5, 5.41) is 0. The maximum Gasteiger partial charge on any atom is 0.254 e. The van der Waals surface area contributed by atoms with E-state index in [1.807, 2.05) is 23.1 Å². The Morgan fingerprint density at radius 2 is 1.78 bits per heavy atom. The van der Waals surface area contributed by atoms with Crippen LogP contribution in [0.1, 0.15) is 34.8 Å². The van der Waals surface area contributed by atoms with Gasteiger partial charge in [-0.1, -0.05) is 30.3 Å². The van der Waals surface area contributed by atoms with E-state index in [2.05, 4.69) is 12.1 Å². The van der Waals surface area contributed by atoms with Gasteiger partial charge in [-0.25, -0.2) is 0 Å². The van der Waals surface area contributed by atoms with Crippen molar-refractivity contribution in [3.05, 3.63) is 59.7 Å². The summed E-state index contributed by atoms with van der Waals surface area (Å²) in [6.07, 6.45) is 2.03. The second-order valence-corrected chi connectivity index (χ2v) is 5.64. The molecule has 0 radical (unpaired) electrons. The molecule has 1 fully saturated rings. The zero-order valence-electron chi connectivity index (χ0n) is 13.5. The molecule has 0 saturated carbocycles. The van der Waals surface area contributed by atoms with Crippen LogP contribution in [0, 0.1) is 0 Å². The number of amides is 1. The molecule has 2 aromatic carbocycles. The summed E-state index contributed by atoms with van der Waals surface area (Å²) in [5.41, 5.74) is 1.82. The quantitative estimate of drug-likeness (QED) is 0.864. The van der Waals surface area contributed by atoms with Crippen molar-refractivity contribution in [1.29, 1.82) is 0 Å². The van der Waals surface area contributed by atoms with E-state index in [0.717, 1.165) is 19.4 Å². The highest BCUT2D eigenvalue weighted by Gasteiger charge is 2.30. The van der Waals surface area contributed by atoms with Gasteiger partial charge in [0, 0.05) is 12.1 Å². The van der Waals surface area contributed by atoms with Gasteiger partial charge >= 0.3 is 0 Å². The summed E-state index contributed by atoms with van der Waals surface area (Å²) in [6, 6.07) is 15.7. The van der Waals surface area contributed by atoms with E-state index >= 15 is 0 Å². The molecule has 2 aromatic rings. The van der Waals surface area contributed by atoms with Crippen molar-refractivity contribution >= 4 is 5.91 Å². The minimum Gasteiger partial charge on any atom is -0.493 e. The Morgan fingerprint density at radius 3 is 2.48 bits per heavy atom. The number of carbonyl (C=O) groups excluding carboxylic acids is 1. The largest absolute Gasteiger partial charge is 0.493 e. The molecule has 3 rings (SSSR count). The Labute approximate surface area is 136 Å². The van der Waals surface area contributed by atoms with Crippen molar-refractivity contribution in [2.24, 2.45) is 0 Å². The van der Waals surface area contributed by atoms with Crippen molar-refractivity contribution < 1.29 is 14.3 Å². The third-order valence-electron chi connectivity index (χ3n) is 4.33. The monoisotopic (exact) mass is 311 g/mol. The molecular weight excluding hydrogens is 290 g/mol. The van der Waals surface area contributed by atoms with E-state index < -0.39 is 0 Å². The van der Waals surface area contributed by atoms with Gasteiger partial charge in [0.1, 0.15) is 0 Å². The van der Waals surface area contributed by atoms with Gasteiger partial charge in [0.2, 0.25) is 0 Å². The van der Waals surface area contributed by atoms with Gasteiger partial charge in [-0.3, -0.25) is 4.79 Å². The molecule has 1 saturated heterocycles. The number of carbonyl (C=O) groups is 1. The topological polar surface area (TPSA) is 38.8 Å². The van der Waals surface area contributed by atoms with Gasteiger partial charge in [-0.05, 0) is 36.6 Å². The lowest BCUT2D eigenvalue weighted by Gasteiger charge is -2.25. The fourth-order valence-corrected chi connectivity index (χ4v) is 3.17. The first kappa shape index (κ1) is 15.4. The van der Waals surface area contributed by atoms with Crippen LogP contribution in [-0.2, 0) is 0 Å². The van der Waals surface area contributed by atoms with Crippen molar-refractivity contribution in [3.63, 3.8) is 0 Å². The van der Waals surface area contributed by atoms with E-state index in [9.17, 15) is 4.79 Å². The molecule has 1 heterocycles. The Morgan fingerprint density at radius 1 is 1.04 bits per heavy atom. The molecule has 4 heteroatoms. The molecule has 23 heavy (non-hydrogen) atoms. The second kappa shape index (κ2) is 6.73. The molecule has 0 aliphatic carbocycles. The van der Waals surface area contributed by atoms with Gasteiger partial charge in [-0.15, -0.1) is 0 Å². The van der Waals surface area contributed by atoms with Gasteiger partial charge in [0.15, 0.2) is 11.5 Å². The Kier molecular flexibility index (Phi) is 4.51. The SMILES string of the molecule is COc1ccc(C(=O)N2CCCC2c2ccccc2)cc1OC. The maximum absolute atomic E-state index is 12.9. The van der Waals surface area contributed by atoms with Gasteiger partial charge in [-0.2, -0.15) is 0 Å². The first-order chi connectivity index (χ1) is 11.2. The lowest BCUT2D eigenvalue weighted by Crippen LogP contribution is -2.30. The average Bonchev–Trinajstić information content (AvgIpc) is 3.11. The summed E-state index contributed by atoms with van der Waals surface area (Å²) in [7, 11) is 3.17. The highest BCUT2D eigenvalue weighted by Crippen LogP contribution is 2.34. The van der Waals surface area contributed by atoms with E-state index in [1.165, 1.54) is 5.56 Å². The summed E-state index contributed by atoms with van der Waals surface area (Å²) in [4.78, 5) is 14.9. The fraction of sp³-hybridized carbons (Fsp3) is 0.316. The average molecular weight is 311 g/mol. The number of hydrogen-bond acceptors (Lipinski definition) is 3. The van der Waals surface area contributed by atoms with Crippen LogP contribution in [0.3, 0.4) is 0 Å². The van der Waals surface area contributed by atoms with Gasteiger partial charge < -0.3 is 14.4 Å². The smallest absolute Gasteiger partial charge is 0.254 e. The van der Waals surface area contributed by atoms with Crippen LogP contribution < -0.4 is 9.47 Å². The van der Waals surface area contributed by atoms with Crippen LogP contribution in [0.25, 0.3) is 0 Å². The number of ether oxygens (including phenoxy) is 2.